The molecule has 2 aromatic rings. The summed E-state index contributed by atoms with van der Waals surface area (Å²) in [5.41, 5.74) is 2.55. The predicted octanol–water partition coefficient (Wildman–Crippen LogP) is 3.78. The van der Waals surface area contributed by atoms with Gasteiger partial charge in [-0.2, -0.15) is 0 Å². The van der Waals surface area contributed by atoms with E-state index in [-0.39, 0.29) is 5.92 Å². The van der Waals surface area contributed by atoms with E-state index in [0.29, 0.717) is 5.91 Å². The van der Waals surface area contributed by atoms with Gasteiger partial charge in [0.25, 0.3) is 0 Å². The van der Waals surface area contributed by atoms with Crippen LogP contribution in [0.25, 0.3) is 10.9 Å². The number of para-hydroxylation sites is 1. The molecule has 1 N–H and O–H groups in total. The molecule has 0 saturated carbocycles. The number of carbonyl (C=O) groups excluding carboxylic acids is 1. The second kappa shape index (κ2) is 7.61. The van der Waals surface area contributed by atoms with Gasteiger partial charge in [0.05, 0.1) is 5.92 Å². The second-order valence-electron chi connectivity index (χ2n) is 7.67. The van der Waals surface area contributed by atoms with Gasteiger partial charge in [-0.05, 0) is 43.9 Å². The molecule has 2 aliphatic heterocycles. The van der Waals surface area contributed by atoms with Gasteiger partial charge in [-0.25, -0.2) is 0 Å². The highest BCUT2D eigenvalue weighted by atomic mass is 16.2. The van der Waals surface area contributed by atoms with Gasteiger partial charge in [-0.1, -0.05) is 31.0 Å². The Morgan fingerprint density at radius 2 is 1.84 bits per heavy atom. The Morgan fingerprint density at radius 1 is 1.04 bits per heavy atom. The van der Waals surface area contributed by atoms with Crippen LogP contribution >= 0.6 is 0 Å². The van der Waals surface area contributed by atoms with Crippen LogP contribution in [0.4, 0.5) is 0 Å². The van der Waals surface area contributed by atoms with Crippen LogP contribution in [-0.2, 0) is 11.3 Å². The molecule has 4 nitrogen and oxygen atoms in total. The predicted molar refractivity (Wildman–Crippen MR) is 101 cm³/mol. The maximum Gasteiger partial charge on any atom is 0.226 e. The number of carbonyl (C=O) groups is 1. The lowest BCUT2D eigenvalue weighted by atomic mass is 9.96. The van der Waals surface area contributed by atoms with Crippen LogP contribution in [0.5, 0.6) is 0 Å². The number of nitrogens with zero attached hydrogens (tertiary/aromatic N) is 2. The molecule has 0 aliphatic carbocycles. The van der Waals surface area contributed by atoms with Crippen LogP contribution in [0, 0.1) is 5.92 Å². The summed E-state index contributed by atoms with van der Waals surface area (Å²) in [6.45, 7) is 4.89. The number of piperidine rings is 1. The SMILES string of the molecule is O=C(C1CCCN(Cc2c[nH]c3ccccc23)C1)N1CCCCCC1. The molecule has 0 radical (unpaired) electrons. The Labute approximate surface area is 150 Å². The van der Waals surface area contributed by atoms with E-state index in [9.17, 15) is 4.79 Å². The lowest BCUT2D eigenvalue weighted by Crippen LogP contribution is -2.44. The normalized spacial score (nSPS) is 22.9. The lowest BCUT2D eigenvalue weighted by molar-refractivity contribution is -0.137. The average molecular weight is 339 g/mol. The number of hydrogen-bond donors (Lipinski definition) is 1. The fourth-order valence-electron chi connectivity index (χ4n) is 4.45. The van der Waals surface area contributed by atoms with E-state index in [1.165, 1.54) is 42.1 Å². The summed E-state index contributed by atoms with van der Waals surface area (Å²) in [5, 5.41) is 1.31. The van der Waals surface area contributed by atoms with Crippen LogP contribution in [0.1, 0.15) is 44.1 Å². The monoisotopic (exact) mass is 339 g/mol. The highest BCUT2D eigenvalue weighted by Crippen LogP contribution is 2.25. The first kappa shape index (κ1) is 16.6. The number of hydrogen-bond acceptors (Lipinski definition) is 2. The third kappa shape index (κ3) is 3.74. The first-order valence-corrected chi connectivity index (χ1v) is 9.87. The average Bonchev–Trinajstić information content (AvgIpc) is 2.87. The Kier molecular flexibility index (Phi) is 5.07. The van der Waals surface area contributed by atoms with Crippen molar-refractivity contribution in [2.45, 2.75) is 45.1 Å². The van der Waals surface area contributed by atoms with Gasteiger partial charge in [0, 0.05) is 43.3 Å². The molecule has 1 unspecified atom stereocenters. The standard InChI is InChI=1S/C21H29N3O/c25-21(24-12-5-1-2-6-13-24)17-8-7-11-23(15-17)16-18-14-22-20-10-4-3-9-19(18)20/h3-4,9-10,14,17,22H,1-2,5-8,11-13,15-16H2. The minimum atomic E-state index is 0.192. The number of fused-ring (bicyclic) bond motifs is 1. The van der Waals surface area contributed by atoms with Crippen molar-refractivity contribution in [2.24, 2.45) is 5.92 Å². The van der Waals surface area contributed by atoms with Crippen molar-refractivity contribution in [2.75, 3.05) is 26.2 Å². The highest BCUT2D eigenvalue weighted by Gasteiger charge is 2.29. The fraction of sp³-hybridized carbons (Fsp3) is 0.571. The second-order valence-corrected chi connectivity index (χ2v) is 7.67. The van der Waals surface area contributed by atoms with Crippen LogP contribution in [0.3, 0.4) is 0 Å². The molecule has 25 heavy (non-hydrogen) atoms. The molecule has 0 spiro atoms. The number of benzene rings is 1. The van der Waals surface area contributed by atoms with Crippen LogP contribution in [0.2, 0.25) is 0 Å². The van der Waals surface area contributed by atoms with Gasteiger partial charge >= 0.3 is 0 Å². The number of aromatic nitrogens is 1. The van der Waals surface area contributed by atoms with E-state index in [4.69, 9.17) is 0 Å². The van der Waals surface area contributed by atoms with Gasteiger partial charge in [-0.3, -0.25) is 9.69 Å². The lowest BCUT2D eigenvalue weighted by Gasteiger charge is -2.34. The molecule has 2 saturated heterocycles. The summed E-state index contributed by atoms with van der Waals surface area (Å²) >= 11 is 0. The smallest absolute Gasteiger partial charge is 0.226 e. The first-order chi connectivity index (χ1) is 12.3. The van der Waals surface area contributed by atoms with Crippen molar-refractivity contribution in [3.05, 3.63) is 36.0 Å². The molecule has 1 aromatic carbocycles. The van der Waals surface area contributed by atoms with Gasteiger partial charge in [-0.15, -0.1) is 0 Å². The summed E-state index contributed by atoms with van der Waals surface area (Å²) < 4.78 is 0. The molecule has 1 atom stereocenters. The Morgan fingerprint density at radius 3 is 2.68 bits per heavy atom. The van der Waals surface area contributed by atoms with Crippen molar-refractivity contribution >= 4 is 16.8 Å². The zero-order valence-corrected chi connectivity index (χ0v) is 15.0. The Hall–Kier alpha value is -1.81. The topological polar surface area (TPSA) is 39.3 Å². The number of rotatable bonds is 3. The van der Waals surface area contributed by atoms with E-state index in [1.54, 1.807) is 0 Å². The summed E-state index contributed by atoms with van der Waals surface area (Å²) in [4.78, 5) is 20.9. The highest BCUT2D eigenvalue weighted by molar-refractivity contribution is 5.83. The van der Waals surface area contributed by atoms with Crippen LogP contribution < -0.4 is 0 Å². The van der Waals surface area contributed by atoms with Crippen molar-refractivity contribution < 1.29 is 4.79 Å². The maximum absolute atomic E-state index is 13.0. The molecular formula is C21H29N3O. The van der Waals surface area contributed by atoms with Gasteiger partial charge in [0.15, 0.2) is 0 Å². The molecule has 134 valence electrons. The summed E-state index contributed by atoms with van der Waals surface area (Å²) in [6.07, 6.45) is 9.23. The molecular weight excluding hydrogens is 310 g/mol. The van der Waals surface area contributed by atoms with Gasteiger partial charge in [0.1, 0.15) is 0 Å². The van der Waals surface area contributed by atoms with Crippen LogP contribution in [0.15, 0.2) is 30.5 Å². The van der Waals surface area contributed by atoms with Gasteiger partial charge < -0.3 is 9.88 Å². The maximum atomic E-state index is 13.0. The molecule has 1 amide bonds. The third-order valence-electron chi connectivity index (χ3n) is 5.84. The number of likely N-dealkylation sites (tertiary alicyclic amines) is 2. The molecule has 3 heterocycles. The molecule has 0 bridgehead atoms. The van der Waals surface area contributed by atoms with E-state index >= 15 is 0 Å². The molecule has 4 rings (SSSR count). The zero-order chi connectivity index (χ0) is 17.1. The number of aromatic amines is 1. The van der Waals surface area contributed by atoms with Crippen molar-refractivity contribution in [3.8, 4) is 0 Å². The van der Waals surface area contributed by atoms with E-state index < -0.39 is 0 Å². The number of H-pyrrole nitrogens is 1. The van der Waals surface area contributed by atoms with Crippen molar-refractivity contribution in [1.29, 1.82) is 0 Å². The summed E-state index contributed by atoms with van der Waals surface area (Å²) in [7, 11) is 0. The fourth-order valence-corrected chi connectivity index (χ4v) is 4.45. The Balaban J connectivity index is 1.41. The largest absolute Gasteiger partial charge is 0.361 e. The van der Waals surface area contributed by atoms with Crippen LogP contribution in [-0.4, -0.2) is 46.9 Å². The zero-order valence-electron chi connectivity index (χ0n) is 15.0. The third-order valence-corrected chi connectivity index (χ3v) is 5.84. The molecule has 2 aliphatic rings. The van der Waals surface area contributed by atoms with E-state index in [2.05, 4.69) is 45.2 Å². The molecule has 2 fully saturated rings. The number of nitrogens with one attached hydrogen (secondary N) is 1. The van der Waals surface area contributed by atoms with Crippen molar-refractivity contribution in [3.63, 3.8) is 0 Å². The summed E-state index contributed by atoms with van der Waals surface area (Å²) in [6, 6.07) is 8.48. The van der Waals surface area contributed by atoms with Crippen molar-refractivity contribution in [1.82, 2.24) is 14.8 Å². The van der Waals surface area contributed by atoms with E-state index in [0.717, 1.165) is 45.6 Å². The van der Waals surface area contributed by atoms with Gasteiger partial charge in [0.2, 0.25) is 5.91 Å². The first-order valence-electron chi connectivity index (χ1n) is 9.87. The van der Waals surface area contributed by atoms with E-state index in [1.807, 2.05) is 0 Å². The molecule has 4 heteroatoms. The number of amides is 1. The quantitative estimate of drug-likeness (QED) is 0.924. The minimum Gasteiger partial charge on any atom is -0.361 e. The molecule has 1 aromatic heterocycles. The minimum absolute atomic E-state index is 0.192. The summed E-state index contributed by atoms with van der Waals surface area (Å²) in [5.74, 6) is 0.600. The Bertz CT molecular complexity index is 715.